The third-order valence-electron chi connectivity index (χ3n) is 5.23. The van der Waals surface area contributed by atoms with E-state index in [1.165, 1.54) is 0 Å². The molecule has 1 aliphatic rings. The SMILES string of the molecule is N#CCCCN1CCC(Nc2nc3ccccc3n2Cc2ccco2)CC1. The van der Waals surface area contributed by atoms with Crippen LogP contribution in [-0.4, -0.2) is 40.1 Å². The molecule has 4 rings (SSSR count). The summed E-state index contributed by atoms with van der Waals surface area (Å²) in [4.78, 5) is 7.29. The number of fused-ring (bicyclic) bond motifs is 1. The van der Waals surface area contributed by atoms with Crippen molar-refractivity contribution in [3.63, 3.8) is 0 Å². The number of hydrogen-bond donors (Lipinski definition) is 1. The number of furan rings is 1. The van der Waals surface area contributed by atoms with Crippen LogP contribution in [0.15, 0.2) is 47.1 Å². The minimum Gasteiger partial charge on any atom is -0.467 e. The highest BCUT2D eigenvalue weighted by molar-refractivity contribution is 5.78. The number of aromatic nitrogens is 2. The number of piperidine rings is 1. The highest BCUT2D eigenvalue weighted by Crippen LogP contribution is 2.24. The van der Waals surface area contributed by atoms with Gasteiger partial charge in [-0.2, -0.15) is 5.26 Å². The van der Waals surface area contributed by atoms with Gasteiger partial charge in [0.2, 0.25) is 5.95 Å². The van der Waals surface area contributed by atoms with E-state index in [4.69, 9.17) is 14.7 Å². The Morgan fingerprint density at radius 2 is 2.04 bits per heavy atom. The molecule has 1 aromatic carbocycles. The molecule has 0 unspecified atom stereocenters. The Hall–Kier alpha value is -2.78. The molecule has 6 nitrogen and oxygen atoms in total. The average molecular weight is 363 g/mol. The van der Waals surface area contributed by atoms with Crippen molar-refractivity contribution in [2.45, 2.75) is 38.3 Å². The second kappa shape index (κ2) is 8.28. The fourth-order valence-corrected chi connectivity index (χ4v) is 3.77. The lowest BCUT2D eigenvalue weighted by Crippen LogP contribution is -2.39. The molecule has 3 aromatic rings. The van der Waals surface area contributed by atoms with E-state index in [1.54, 1.807) is 6.26 Å². The van der Waals surface area contributed by atoms with E-state index in [0.717, 1.165) is 61.6 Å². The van der Waals surface area contributed by atoms with Crippen LogP contribution in [0.2, 0.25) is 0 Å². The van der Waals surface area contributed by atoms with Crippen molar-refractivity contribution < 1.29 is 4.42 Å². The Morgan fingerprint density at radius 3 is 2.81 bits per heavy atom. The summed E-state index contributed by atoms with van der Waals surface area (Å²) in [6, 6.07) is 14.8. The van der Waals surface area contributed by atoms with Crippen LogP contribution in [0, 0.1) is 11.3 Å². The Balaban J connectivity index is 1.45. The molecular weight excluding hydrogens is 338 g/mol. The first-order valence-electron chi connectivity index (χ1n) is 9.67. The van der Waals surface area contributed by atoms with E-state index in [9.17, 15) is 0 Å². The second-order valence-electron chi connectivity index (χ2n) is 7.11. The molecule has 6 heteroatoms. The molecule has 0 bridgehead atoms. The summed E-state index contributed by atoms with van der Waals surface area (Å²) in [5.41, 5.74) is 2.12. The molecule has 140 valence electrons. The van der Waals surface area contributed by atoms with Crippen molar-refractivity contribution in [2.75, 3.05) is 25.0 Å². The first-order chi connectivity index (χ1) is 13.3. The highest BCUT2D eigenvalue weighted by atomic mass is 16.3. The molecule has 1 aliphatic heterocycles. The van der Waals surface area contributed by atoms with Gasteiger partial charge in [-0.3, -0.25) is 0 Å². The Kier molecular flexibility index (Phi) is 5.40. The van der Waals surface area contributed by atoms with Crippen molar-refractivity contribution in [1.29, 1.82) is 5.26 Å². The van der Waals surface area contributed by atoms with Gasteiger partial charge in [0.15, 0.2) is 0 Å². The average Bonchev–Trinajstić information content (AvgIpc) is 3.32. The van der Waals surface area contributed by atoms with Gasteiger partial charge in [0.25, 0.3) is 0 Å². The van der Waals surface area contributed by atoms with E-state index in [0.29, 0.717) is 19.0 Å². The Labute approximate surface area is 159 Å². The molecule has 1 N–H and O–H groups in total. The van der Waals surface area contributed by atoms with Gasteiger partial charge >= 0.3 is 0 Å². The minimum absolute atomic E-state index is 0.421. The molecular formula is C21H25N5O. The van der Waals surface area contributed by atoms with Crippen LogP contribution in [0.25, 0.3) is 11.0 Å². The number of benzene rings is 1. The van der Waals surface area contributed by atoms with Gasteiger partial charge in [-0.1, -0.05) is 12.1 Å². The first-order valence-corrected chi connectivity index (χ1v) is 9.67. The zero-order chi connectivity index (χ0) is 18.5. The number of nitriles is 1. The van der Waals surface area contributed by atoms with Gasteiger partial charge in [-0.25, -0.2) is 4.98 Å². The molecule has 1 saturated heterocycles. The summed E-state index contributed by atoms with van der Waals surface area (Å²) in [6.07, 6.45) is 5.51. The van der Waals surface area contributed by atoms with Crippen LogP contribution >= 0.6 is 0 Å². The molecule has 27 heavy (non-hydrogen) atoms. The van der Waals surface area contributed by atoms with Crippen LogP contribution < -0.4 is 5.32 Å². The summed E-state index contributed by atoms with van der Waals surface area (Å²) in [5.74, 6) is 1.84. The number of unbranched alkanes of at least 4 members (excludes halogenated alkanes) is 1. The molecule has 0 amide bonds. The molecule has 0 aliphatic carbocycles. The third kappa shape index (κ3) is 4.15. The maximum absolute atomic E-state index is 8.69. The van der Waals surface area contributed by atoms with Crippen molar-refractivity contribution in [3.05, 3.63) is 48.4 Å². The molecule has 1 fully saturated rings. The predicted molar refractivity (Wildman–Crippen MR) is 105 cm³/mol. The van der Waals surface area contributed by atoms with Gasteiger partial charge in [-0.05, 0) is 50.1 Å². The van der Waals surface area contributed by atoms with Gasteiger partial charge in [0, 0.05) is 25.6 Å². The molecule has 0 saturated carbocycles. The maximum atomic E-state index is 8.69. The largest absolute Gasteiger partial charge is 0.467 e. The number of imidazole rings is 1. The van der Waals surface area contributed by atoms with Crippen molar-refractivity contribution >= 4 is 17.0 Å². The van der Waals surface area contributed by atoms with Gasteiger partial charge < -0.3 is 19.2 Å². The lowest BCUT2D eigenvalue weighted by molar-refractivity contribution is 0.217. The third-order valence-corrected chi connectivity index (χ3v) is 5.23. The van der Waals surface area contributed by atoms with Crippen molar-refractivity contribution in [3.8, 4) is 6.07 Å². The lowest BCUT2D eigenvalue weighted by Gasteiger charge is -2.32. The molecule has 0 spiro atoms. The van der Waals surface area contributed by atoms with Gasteiger partial charge in [0.1, 0.15) is 5.76 Å². The fourth-order valence-electron chi connectivity index (χ4n) is 3.77. The molecule has 2 aromatic heterocycles. The van der Waals surface area contributed by atoms with Crippen LogP contribution in [0.4, 0.5) is 5.95 Å². The van der Waals surface area contributed by atoms with E-state index in [-0.39, 0.29) is 0 Å². The van der Waals surface area contributed by atoms with Gasteiger partial charge in [0.05, 0.1) is 29.9 Å². The summed E-state index contributed by atoms with van der Waals surface area (Å²) in [7, 11) is 0. The maximum Gasteiger partial charge on any atom is 0.204 e. The number of likely N-dealkylation sites (tertiary alicyclic amines) is 1. The van der Waals surface area contributed by atoms with E-state index in [2.05, 4.69) is 33.0 Å². The molecule has 0 atom stereocenters. The number of hydrogen-bond acceptors (Lipinski definition) is 5. The van der Waals surface area contributed by atoms with Crippen molar-refractivity contribution in [1.82, 2.24) is 14.5 Å². The fraction of sp³-hybridized carbons (Fsp3) is 0.429. The highest BCUT2D eigenvalue weighted by Gasteiger charge is 2.21. The molecule has 3 heterocycles. The summed E-state index contributed by atoms with van der Waals surface area (Å²) >= 11 is 0. The number of nitrogens with zero attached hydrogens (tertiary/aromatic N) is 4. The number of anilines is 1. The second-order valence-corrected chi connectivity index (χ2v) is 7.11. The van der Waals surface area contributed by atoms with Crippen LogP contribution in [0.5, 0.6) is 0 Å². The number of rotatable bonds is 7. The van der Waals surface area contributed by atoms with Crippen LogP contribution in [0.1, 0.15) is 31.4 Å². The zero-order valence-corrected chi connectivity index (χ0v) is 15.5. The standard InChI is InChI=1S/C21H25N5O/c22-11-3-4-12-25-13-9-17(10-14-25)23-21-24-19-7-1-2-8-20(19)26(21)16-18-6-5-15-27-18/h1-2,5-8,15,17H,3-4,9-10,12-14,16H2,(H,23,24). The van der Waals surface area contributed by atoms with Crippen LogP contribution in [0.3, 0.4) is 0 Å². The zero-order valence-electron chi connectivity index (χ0n) is 15.5. The summed E-state index contributed by atoms with van der Waals surface area (Å²) in [5, 5.41) is 12.4. The minimum atomic E-state index is 0.421. The number of nitrogens with one attached hydrogen (secondary N) is 1. The Morgan fingerprint density at radius 1 is 1.19 bits per heavy atom. The summed E-state index contributed by atoms with van der Waals surface area (Å²) in [6.45, 7) is 3.84. The lowest BCUT2D eigenvalue weighted by atomic mass is 10.0. The molecule has 0 radical (unpaired) electrons. The topological polar surface area (TPSA) is 70.0 Å². The Bertz CT molecular complexity index is 900. The smallest absolute Gasteiger partial charge is 0.204 e. The number of para-hydroxylation sites is 2. The van der Waals surface area contributed by atoms with Crippen LogP contribution in [-0.2, 0) is 6.54 Å². The predicted octanol–water partition coefficient (Wildman–Crippen LogP) is 3.86. The first kappa shape index (κ1) is 17.6. The quantitative estimate of drug-likeness (QED) is 0.646. The summed E-state index contributed by atoms with van der Waals surface area (Å²) < 4.78 is 7.76. The van der Waals surface area contributed by atoms with Gasteiger partial charge in [-0.15, -0.1) is 0 Å². The van der Waals surface area contributed by atoms with E-state index in [1.807, 2.05) is 24.3 Å². The van der Waals surface area contributed by atoms with E-state index < -0.39 is 0 Å². The monoisotopic (exact) mass is 363 g/mol. The normalized spacial score (nSPS) is 15.8. The van der Waals surface area contributed by atoms with Crippen molar-refractivity contribution in [2.24, 2.45) is 0 Å². The van der Waals surface area contributed by atoms with E-state index >= 15 is 0 Å².